The van der Waals surface area contributed by atoms with E-state index in [1.807, 2.05) is 24.3 Å². The molecule has 0 amide bonds. The molecule has 3 heteroatoms. The Bertz CT molecular complexity index is 1060. The van der Waals surface area contributed by atoms with Crippen LogP contribution in [0.5, 0.6) is 0 Å². The molecule has 0 aromatic heterocycles. The number of fused-ring (bicyclic) bond motifs is 1. The first-order chi connectivity index (χ1) is 14.0. The van der Waals surface area contributed by atoms with Crippen molar-refractivity contribution < 1.29 is 13.2 Å². The number of hydrogen-bond acceptors (Lipinski definition) is 0. The molecule has 3 aromatic carbocycles. The molecular weight excluding hydrogens is 369 g/mol. The maximum atomic E-state index is 14.8. The standard InChI is InChI=1S/C26H23F3/c1-2-3-4-17-5-12-23(25(28)13-17)20-7-6-19-15-24(26(29)16-21(19)14-20)18-8-10-22(27)11-9-18/h5,7-13,15-16H,2-4,6,14H2,1H3. The molecule has 0 saturated carbocycles. The van der Waals surface area contributed by atoms with E-state index in [4.69, 9.17) is 0 Å². The van der Waals surface area contributed by atoms with Crippen LogP contribution in [0.25, 0.3) is 16.7 Å². The highest BCUT2D eigenvalue weighted by atomic mass is 19.1. The Kier molecular flexibility index (Phi) is 5.57. The summed E-state index contributed by atoms with van der Waals surface area (Å²) in [7, 11) is 0. The Hall–Kier alpha value is -2.81. The van der Waals surface area contributed by atoms with Crippen LogP contribution >= 0.6 is 0 Å². The number of unbranched alkanes of at least 4 members (excludes halogenated alkanes) is 1. The van der Waals surface area contributed by atoms with Crippen molar-refractivity contribution in [2.75, 3.05) is 0 Å². The first-order valence-electron chi connectivity index (χ1n) is 10.1. The van der Waals surface area contributed by atoms with Gasteiger partial charge in [0.05, 0.1) is 0 Å². The fraction of sp³-hybridized carbons (Fsp3) is 0.231. The number of rotatable bonds is 5. The van der Waals surface area contributed by atoms with E-state index in [9.17, 15) is 13.2 Å². The molecule has 4 rings (SSSR count). The van der Waals surface area contributed by atoms with E-state index < -0.39 is 0 Å². The monoisotopic (exact) mass is 392 g/mol. The third-order valence-electron chi connectivity index (χ3n) is 5.59. The summed E-state index contributed by atoms with van der Waals surface area (Å²) >= 11 is 0. The Morgan fingerprint density at radius 1 is 0.793 bits per heavy atom. The van der Waals surface area contributed by atoms with Gasteiger partial charge < -0.3 is 0 Å². The minimum Gasteiger partial charge on any atom is -0.207 e. The number of hydrogen-bond donors (Lipinski definition) is 0. The van der Waals surface area contributed by atoms with Crippen molar-refractivity contribution in [3.8, 4) is 11.1 Å². The van der Waals surface area contributed by atoms with Crippen LogP contribution in [0, 0.1) is 17.5 Å². The predicted octanol–water partition coefficient (Wildman–Crippen LogP) is 7.30. The largest absolute Gasteiger partial charge is 0.207 e. The maximum Gasteiger partial charge on any atom is 0.131 e. The Labute approximate surface area is 169 Å². The number of aryl methyl sites for hydroxylation is 1. The van der Waals surface area contributed by atoms with Crippen molar-refractivity contribution >= 4 is 5.57 Å². The minimum atomic E-state index is -0.345. The molecule has 0 radical (unpaired) electrons. The van der Waals surface area contributed by atoms with Crippen LogP contribution < -0.4 is 0 Å². The van der Waals surface area contributed by atoms with Gasteiger partial charge in [-0.15, -0.1) is 0 Å². The summed E-state index contributed by atoms with van der Waals surface area (Å²) in [6.07, 6.45) is 6.16. The lowest BCUT2D eigenvalue weighted by Crippen LogP contribution is -2.06. The van der Waals surface area contributed by atoms with Crippen LogP contribution in [0.4, 0.5) is 13.2 Å². The molecule has 1 aliphatic rings. The van der Waals surface area contributed by atoms with Gasteiger partial charge >= 0.3 is 0 Å². The summed E-state index contributed by atoms with van der Waals surface area (Å²) in [5.41, 5.74) is 5.52. The van der Waals surface area contributed by atoms with Crippen LogP contribution in [0.2, 0.25) is 0 Å². The van der Waals surface area contributed by atoms with Gasteiger partial charge in [-0.2, -0.15) is 0 Å². The van der Waals surface area contributed by atoms with Gasteiger partial charge in [-0.3, -0.25) is 0 Å². The first-order valence-corrected chi connectivity index (χ1v) is 10.1. The van der Waals surface area contributed by atoms with Gasteiger partial charge in [0, 0.05) is 11.1 Å². The molecule has 0 bridgehead atoms. The van der Waals surface area contributed by atoms with Gasteiger partial charge in [-0.25, -0.2) is 13.2 Å². The van der Waals surface area contributed by atoms with Gasteiger partial charge in [-0.1, -0.05) is 43.7 Å². The van der Waals surface area contributed by atoms with E-state index in [0.717, 1.165) is 41.5 Å². The SMILES string of the molecule is CCCCc1ccc(C2=CCc3cc(-c4ccc(F)cc4)c(F)cc3C2)c(F)c1. The maximum absolute atomic E-state index is 14.8. The van der Waals surface area contributed by atoms with Crippen LogP contribution in [0.1, 0.15) is 42.0 Å². The fourth-order valence-electron chi connectivity index (χ4n) is 3.94. The first kappa shape index (κ1) is 19.5. The molecule has 0 unspecified atom stereocenters. The molecule has 0 atom stereocenters. The van der Waals surface area contributed by atoms with Crippen molar-refractivity contribution in [1.82, 2.24) is 0 Å². The normalized spacial score (nSPS) is 13.2. The Morgan fingerprint density at radius 2 is 1.55 bits per heavy atom. The Morgan fingerprint density at radius 3 is 2.28 bits per heavy atom. The molecule has 0 heterocycles. The molecular formula is C26H23F3. The van der Waals surface area contributed by atoms with E-state index in [0.29, 0.717) is 29.5 Å². The lowest BCUT2D eigenvalue weighted by Gasteiger charge is -2.20. The van der Waals surface area contributed by atoms with E-state index >= 15 is 0 Å². The summed E-state index contributed by atoms with van der Waals surface area (Å²) in [6.45, 7) is 2.12. The van der Waals surface area contributed by atoms with E-state index in [1.165, 1.54) is 18.2 Å². The molecule has 0 spiro atoms. The molecule has 29 heavy (non-hydrogen) atoms. The van der Waals surface area contributed by atoms with Crippen LogP contribution in [0.3, 0.4) is 0 Å². The number of allylic oxidation sites excluding steroid dienone is 2. The average Bonchev–Trinajstić information content (AvgIpc) is 2.72. The summed E-state index contributed by atoms with van der Waals surface area (Å²) < 4.78 is 42.6. The van der Waals surface area contributed by atoms with Gasteiger partial charge in [0.25, 0.3) is 0 Å². The van der Waals surface area contributed by atoms with Crippen molar-refractivity contribution in [2.24, 2.45) is 0 Å². The van der Waals surface area contributed by atoms with Gasteiger partial charge in [-0.05, 0) is 83.8 Å². The van der Waals surface area contributed by atoms with E-state index in [1.54, 1.807) is 18.2 Å². The smallest absolute Gasteiger partial charge is 0.131 e. The lowest BCUT2D eigenvalue weighted by atomic mass is 9.85. The van der Waals surface area contributed by atoms with Crippen LogP contribution in [-0.2, 0) is 19.3 Å². The van der Waals surface area contributed by atoms with Gasteiger partial charge in [0.2, 0.25) is 0 Å². The molecule has 0 saturated heterocycles. The molecule has 148 valence electrons. The predicted molar refractivity (Wildman–Crippen MR) is 112 cm³/mol. The minimum absolute atomic E-state index is 0.211. The second kappa shape index (κ2) is 8.28. The van der Waals surface area contributed by atoms with Crippen molar-refractivity contribution in [1.29, 1.82) is 0 Å². The summed E-state index contributed by atoms with van der Waals surface area (Å²) in [5, 5.41) is 0. The van der Waals surface area contributed by atoms with E-state index in [-0.39, 0.29) is 17.5 Å². The zero-order valence-corrected chi connectivity index (χ0v) is 16.4. The fourth-order valence-corrected chi connectivity index (χ4v) is 3.94. The number of halogens is 3. The second-order valence-electron chi connectivity index (χ2n) is 7.64. The van der Waals surface area contributed by atoms with Gasteiger partial charge in [0.1, 0.15) is 17.5 Å². The van der Waals surface area contributed by atoms with E-state index in [2.05, 4.69) is 6.92 Å². The molecule has 0 N–H and O–H groups in total. The third-order valence-corrected chi connectivity index (χ3v) is 5.59. The summed E-state index contributed by atoms with van der Waals surface area (Å²) in [4.78, 5) is 0. The number of benzene rings is 3. The highest BCUT2D eigenvalue weighted by Crippen LogP contribution is 2.34. The average molecular weight is 392 g/mol. The second-order valence-corrected chi connectivity index (χ2v) is 7.64. The molecule has 1 aliphatic carbocycles. The quantitative estimate of drug-likeness (QED) is 0.427. The zero-order chi connectivity index (χ0) is 20.4. The molecule has 0 fully saturated rings. The van der Waals surface area contributed by atoms with Crippen molar-refractivity contribution in [2.45, 2.75) is 39.0 Å². The summed E-state index contributed by atoms with van der Waals surface area (Å²) in [6, 6.07) is 14.7. The third kappa shape index (κ3) is 4.14. The molecule has 3 aromatic rings. The molecule has 0 nitrogen and oxygen atoms in total. The lowest BCUT2D eigenvalue weighted by molar-refractivity contribution is 0.619. The topological polar surface area (TPSA) is 0 Å². The highest BCUT2D eigenvalue weighted by molar-refractivity contribution is 5.73. The summed E-state index contributed by atoms with van der Waals surface area (Å²) in [5.74, 6) is -0.897. The zero-order valence-electron chi connectivity index (χ0n) is 16.4. The van der Waals surface area contributed by atoms with Crippen LogP contribution in [-0.4, -0.2) is 0 Å². The van der Waals surface area contributed by atoms with Crippen molar-refractivity contribution in [3.05, 3.63) is 100 Å². The van der Waals surface area contributed by atoms with Crippen LogP contribution in [0.15, 0.2) is 60.7 Å². The van der Waals surface area contributed by atoms with Crippen molar-refractivity contribution in [3.63, 3.8) is 0 Å². The molecule has 0 aliphatic heterocycles. The van der Waals surface area contributed by atoms with Gasteiger partial charge in [0.15, 0.2) is 0 Å². The highest BCUT2D eigenvalue weighted by Gasteiger charge is 2.18. The Balaban J connectivity index is 1.60.